The van der Waals surface area contributed by atoms with Crippen molar-refractivity contribution < 1.29 is 0 Å². The van der Waals surface area contributed by atoms with Gasteiger partial charge in [-0.25, -0.2) is 0 Å². The van der Waals surface area contributed by atoms with Crippen LogP contribution in [0.25, 0.3) is 10.8 Å². The summed E-state index contributed by atoms with van der Waals surface area (Å²) in [7, 11) is 0. The lowest BCUT2D eigenvalue weighted by atomic mass is 9.98. The van der Waals surface area contributed by atoms with Crippen LogP contribution < -0.4 is 0 Å². The molecule has 0 amide bonds. The zero-order valence-electron chi connectivity index (χ0n) is 14.3. The number of rotatable bonds is 4. The van der Waals surface area contributed by atoms with Gasteiger partial charge < -0.3 is 0 Å². The van der Waals surface area contributed by atoms with Crippen molar-refractivity contribution in [3.8, 4) is 0 Å². The van der Waals surface area contributed by atoms with E-state index >= 15 is 0 Å². The molecule has 0 heterocycles. The van der Waals surface area contributed by atoms with Crippen molar-refractivity contribution in [2.24, 2.45) is 0 Å². The average molecular weight is 466 g/mol. The van der Waals surface area contributed by atoms with E-state index in [9.17, 15) is 0 Å². The van der Waals surface area contributed by atoms with Gasteiger partial charge in [0.1, 0.15) is 0 Å². The van der Waals surface area contributed by atoms with Crippen LogP contribution in [0.1, 0.15) is 22.3 Å². The summed E-state index contributed by atoms with van der Waals surface area (Å²) in [6.45, 7) is 0. The Kier molecular flexibility index (Phi) is 5.23. The van der Waals surface area contributed by atoms with Crippen molar-refractivity contribution >= 4 is 42.6 Å². The van der Waals surface area contributed by atoms with Gasteiger partial charge in [0, 0.05) is 8.95 Å². The molecule has 0 N–H and O–H groups in total. The van der Waals surface area contributed by atoms with E-state index in [1.165, 1.54) is 33.0 Å². The van der Waals surface area contributed by atoms with Crippen LogP contribution in [0.3, 0.4) is 0 Å². The summed E-state index contributed by atoms with van der Waals surface area (Å²) in [5.41, 5.74) is 5.29. The van der Waals surface area contributed by atoms with Gasteiger partial charge in [-0.2, -0.15) is 0 Å². The van der Waals surface area contributed by atoms with Gasteiger partial charge in [0.15, 0.2) is 0 Å². The third-order valence-corrected chi connectivity index (χ3v) is 6.12. The molecule has 4 aromatic rings. The second kappa shape index (κ2) is 7.77. The fourth-order valence-corrected chi connectivity index (χ4v) is 4.29. The lowest BCUT2D eigenvalue weighted by Gasteiger charge is -2.11. The molecule has 0 saturated carbocycles. The van der Waals surface area contributed by atoms with Crippen molar-refractivity contribution in [3.05, 3.63) is 116 Å². The maximum absolute atomic E-state index is 3.76. The van der Waals surface area contributed by atoms with E-state index in [2.05, 4.69) is 117 Å². The zero-order valence-corrected chi connectivity index (χ0v) is 17.4. The van der Waals surface area contributed by atoms with E-state index in [1.807, 2.05) is 0 Å². The highest BCUT2D eigenvalue weighted by Gasteiger charge is 2.08. The number of hydrogen-bond donors (Lipinski definition) is 0. The Labute approximate surface area is 171 Å². The van der Waals surface area contributed by atoms with Gasteiger partial charge in [-0.3, -0.25) is 0 Å². The Morgan fingerprint density at radius 1 is 0.500 bits per heavy atom. The standard InChI is InChI=1S/C24H18Br2/c25-23-15-20-16-24(26)22(12-18-9-5-2-6-10-18)14-19(20)13-21(23)11-17-7-3-1-4-8-17/h1-10,13-16H,11-12H2. The molecule has 4 aromatic carbocycles. The lowest BCUT2D eigenvalue weighted by molar-refractivity contribution is 1.17. The average Bonchev–Trinajstić information content (AvgIpc) is 2.65. The Morgan fingerprint density at radius 2 is 0.885 bits per heavy atom. The van der Waals surface area contributed by atoms with Gasteiger partial charge in [-0.05, 0) is 70.1 Å². The molecule has 26 heavy (non-hydrogen) atoms. The second-order valence-corrected chi connectivity index (χ2v) is 8.27. The predicted octanol–water partition coefficient (Wildman–Crippen LogP) is 7.55. The van der Waals surface area contributed by atoms with Crippen LogP contribution in [0.2, 0.25) is 0 Å². The SMILES string of the molecule is Brc1cc2cc(Br)c(Cc3ccccc3)cc2cc1Cc1ccccc1. The molecule has 0 aliphatic heterocycles. The molecular formula is C24H18Br2. The van der Waals surface area contributed by atoms with E-state index in [0.717, 1.165) is 21.8 Å². The summed E-state index contributed by atoms with van der Waals surface area (Å²) in [6, 6.07) is 30.3. The molecule has 0 fully saturated rings. The summed E-state index contributed by atoms with van der Waals surface area (Å²) >= 11 is 7.51. The number of halogens is 2. The van der Waals surface area contributed by atoms with Crippen molar-refractivity contribution in [2.75, 3.05) is 0 Å². The topological polar surface area (TPSA) is 0 Å². The first kappa shape index (κ1) is 17.5. The highest BCUT2D eigenvalue weighted by molar-refractivity contribution is 9.10. The van der Waals surface area contributed by atoms with Crippen molar-refractivity contribution in [1.82, 2.24) is 0 Å². The third kappa shape index (κ3) is 3.92. The van der Waals surface area contributed by atoms with Gasteiger partial charge in [-0.1, -0.05) is 92.5 Å². The molecule has 0 aromatic heterocycles. The van der Waals surface area contributed by atoms with Gasteiger partial charge >= 0.3 is 0 Å². The molecule has 0 bridgehead atoms. The summed E-state index contributed by atoms with van der Waals surface area (Å²) in [4.78, 5) is 0. The summed E-state index contributed by atoms with van der Waals surface area (Å²) < 4.78 is 2.33. The molecule has 0 aliphatic rings. The quantitative estimate of drug-likeness (QED) is 0.292. The maximum Gasteiger partial charge on any atom is 0.0217 e. The number of hydrogen-bond acceptors (Lipinski definition) is 0. The van der Waals surface area contributed by atoms with Gasteiger partial charge in [-0.15, -0.1) is 0 Å². The van der Waals surface area contributed by atoms with Gasteiger partial charge in [0.05, 0.1) is 0 Å². The van der Waals surface area contributed by atoms with Crippen molar-refractivity contribution in [2.45, 2.75) is 12.8 Å². The monoisotopic (exact) mass is 464 g/mol. The van der Waals surface area contributed by atoms with E-state index in [4.69, 9.17) is 0 Å². The fourth-order valence-electron chi connectivity index (χ4n) is 3.29. The molecule has 0 unspecified atom stereocenters. The summed E-state index contributed by atoms with van der Waals surface area (Å²) in [6.07, 6.45) is 1.86. The molecule has 2 heteroatoms. The van der Waals surface area contributed by atoms with E-state index in [0.29, 0.717) is 0 Å². The lowest BCUT2D eigenvalue weighted by Crippen LogP contribution is -1.93. The van der Waals surface area contributed by atoms with Crippen LogP contribution in [-0.2, 0) is 12.8 Å². The van der Waals surface area contributed by atoms with Crippen molar-refractivity contribution in [3.63, 3.8) is 0 Å². The molecule has 0 nitrogen and oxygen atoms in total. The molecule has 0 aliphatic carbocycles. The normalized spacial score (nSPS) is 11.0. The largest absolute Gasteiger partial charge is 0.0622 e. The minimum Gasteiger partial charge on any atom is -0.0622 e. The third-order valence-electron chi connectivity index (χ3n) is 4.65. The predicted molar refractivity (Wildman–Crippen MR) is 118 cm³/mol. The molecule has 0 atom stereocenters. The summed E-state index contributed by atoms with van der Waals surface area (Å²) in [5.74, 6) is 0. The van der Waals surface area contributed by atoms with Crippen molar-refractivity contribution in [1.29, 1.82) is 0 Å². The Morgan fingerprint density at radius 3 is 1.31 bits per heavy atom. The number of benzene rings is 4. The molecular weight excluding hydrogens is 448 g/mol. The van der Waals surface area contributed by atoms with E-state index < -0.39 is 0 Å². The molecule has 0 spiro atoms. The minimum absolute atomic E-state index is 0.932. The van der Waals surface area contributed by atoms with Crippen LogP contribution in [0.4, 0.5) is 0 Å². The fraction of sp³-hybridized carbons (Fsp3) is 0.0833. The van der Waals surface area contributed by atoms with Crippen LogP contribution in [-0.4, -0.2) is 0 Å². The van der Waals surface area contributed by atoms with Gasteiger partial charge in [0.25, 0.3) is 0 Å². The molecule has 0 radical (unpaired) electrons. The summed E-state index contributed by atoms with van der Waals surface area (Å²) in [5, 5.41) is 2.53. The van der Waals surface area contributed by atoms with Gasteiger partial charge in [0.2, 0.25) is 0 Å². The van der Waals surface area contributed by atoms with E-state index in [-0.39, 0.29) is 0 Å². The Hall–Kier alpha value is -1.90. The molecule has 0 saturated heterocycles. The zero-order chi connectivity index (χ0) is 17.9. The number of fused-ring (bicyclic) bond motifs is 1. The smallest absolute Gasteiger partial charge is 0.0217 e. The Bertz CT molecular complexity index is 956. The van der Waals surface area contributed by atoms with Crippen LogP contribution in [0.5, 0.6) is 0 Å². The Balaban J connectivity index is 1.72. The molecule has 4 rings (SSSR count). The first-order chi connectivity index (χ1) is 12.7. The van der Waals surface area contributed by atoms with E-state index in [1.54, 1.807) is 0 Å². The van der Waals surface area contributed by atoms with Crippen LogP contribution in [0.15, 0.2) is 93.9 Å². The highest BCUT2D eigenvalue weighted by atomic mass is 79.9. The van der Waals surface area contributed by atoms with Crippen LogP contribution >= 0.6 is 31.9 Å². The first-order valence-electron chi connectivity index (χ1n) is 8.67. The molecule has 128 valence electrons. The minimum atomic E-state index is 0.932. The van der Waals surface area contributed by atoms with Crippen LogP contribution in [0, 0.1) is 0 Å². The second-order valence-electron chi connectivity index (χ2n) is 6.56. The first-order valence-corrected chi connectivity index (χ1v) is 10.3. The maximum atomic E-state index is 3.76. The highest BCUT2D eigenvalue weighted by Crippen LogP contribution is 2.31.